The fourth-order valence-electron chi connectivity index (χ4n) is 1.34. The number of anilines is 2. The molecule has 0 aliphatic heterocycles. The summed E-state index contributed by atoms with van der Waals surface area (Å²) >= 11 is 1.77. The van der Waals surface area contributed by atoms with Crippen LogP contribution in [-0.2, 0) is 10.0 Å². The fourth-order valence-corrected chi connectivity index (χ4v) is 2.36. The number of hydrogen-bond donors (Lipinski definition) is 3. The van der Waals surface area contributed by atoms with Gasteiger partial charge in [-0.3, -0.25) is 0 Å². The molecule has 1 aromatic carbocycles. The summed E-state index contributed by atoms with van der Waals surface area (Å²) in [5.41, 5.74) is 6.68. The summed E-state index contributed by atoms with van der Waals surface area (Å²) in [5, 5.41) is 8.18. The van der Waals surface area contributed by atoms with E-state index in [1.165, 1.54) is 12.1 Å². The quantitative estimate of drug-likeness (QED) is 0.533. The predicted octanol–water partition coefficient (Wildman–Crippen LogP) is 1.08. The minimum atomic E-state index is -3.71. The highest BCUT2D eigenvalue weighted by atomic mass is 32.2. The van der Waals surface area contributed by atoms with Crippen molar-refractivity contribution in [1.29, 1.82) is 0 Å². The molecule has 1 aromatic rings. The van der Waals surface area contributed by atoms with Gasteiger partial charge in [0.2, 0.25) is 10.0 Å². The predicted molar refractivity (Wildman–Crippen MR) is 73.7 cm³/mol. The minimum Gasteiger partial charge on any atom is -0.399 e. The van der Waals surface area contributed by atoms with Gasteiger partial charge in [-0.25, -0.2) is 13.6 Å². The average Bonchev–Trinajstić information content (AvgIpc) is 2.22. The van der Waals surface area contributed by atoms with Crippen molar-refractivity contribution >= 4 is 33.2 Å². The molecule has 0 aromatic heterocycles. The van der Waals surface area contributed by atoms with Crippen LogP contribution in [0.4, 0.5) is 11.4 Å². The number of nitrogens with two attached hydrogens (primary N) is 2. The summed E-state index contributed by atoms with van der Waals surface area (Å²) < 4.78 is 22.4. The van der Waals surface area contributed by atoms with E-state index in [1.54, 1.807) is 17.8 Å². The second-order valence-electron chi connectivity index (χ2n) is 3.61. The molecule has 7 heteroatoms. The smallest absolute Gasteiger partial charge is 0.238 e. The van der Waals surface area contributed by atoms with Gasteiger partial charge in [-0.2, -0.15) is 11.8 Å². The maximum atomic E-state index is 11.2. The summed E-state index contributed by atoms with van der Waals surface area (Å²) in [6, 6.07) is 4.53. The van der Waals surface area contributed by atoms with Crippen molar-refractivity contribution in [2.45, 2.75) is 11.3 Å². The van der Waals surface area contributed by atoms with Crippen molar-refractivity contribution < 1.29 is 8.42 Å². The number of hydrogen-bond acceptors (Lipinski definition) is 5. The Morgan fingerprint density at radius 1 is 1.35 bits per heavy atom. The standard InChI is InChI=1S/C10H17N3O2S2/c1-16-4-2-3-13-9-5-8(11)6-10(7-9)17(12,14)15/h5-7,13H,2-4,11H2,1H3,(H2,12,14,15). The van der Waals surface area contributed by atoms with Crippen LogP contribution in [0.15, 0.2) is 23.1 Å². The number of sulfonamides is 1. The second-order valence-corrected chi connectivity index (χ2v) is 6.16. The molecule has 0 aliphatic rings. The first kappa shape index (κ1) is 14.1. The van der Waals surface area contributed by atoms with Crippen molar-refractivity contribution in [1.82, 2.24) is 0 Å². The highest BCUT2D eigenvalue weighted by molar-refractivity contribution is 7.98. The molecule has 0 aliphatic carbocycles. The van der Waals surface area contributed by atoms with E-state index in [4.69, 9.17) is 10.9 Å². The van der Waals surface area contributed by atoms with Crippen molar-refractivity contribution in [2.24, 2.45) is 5.14 Å². The van der Waals surface area contributed by atoms with Crippen LogP contribution in [0.5, 0.6) is 0 Å². The number of primary sulfonamides is 1. The van der Waals surface area contributed by atoms with Crippen LogP contribution >= 0.6 is 11.8 Å². The summed E-state index contributed by atoms with van der Waals surface area (Å²) in [6.07, 6.45) is 3.04. The van der Waals surface area contributed by atoms with Crippen LogP contribution in [0.25, 0.3) is 0 Å². The van der Waals surface area contributed by atoms with Gasteiger partial charge in [-0.05, 0) is 36.6 Å². The van der Waals surface area contributed by atoms with Gasteiger partial charge in [-0.15, -0.1) is 0 Å². The van der Waals surface area contributed by atoms with Crippen LogP contribution in [-0.4, -0.2) is 27.0 Å². The van der Waals surface area contributed by atoms with Crippen LogP contribution in [0.1, 0.15) is 6.42 Å². The Morgan fingerprint density at radius 3 is 2.65 bits per heavy atom. The van der Waals surface area contributed by atoms with E-state index in [1.807, 2.05) is 6.26 Å². The molecule has 96 valence electrons. The second kappa shape index (κ2) is 6.13. The Morgan fingerprint density at radius 2 is 2.06 bits per heavy atom. The monoisotopic (exact) mass is 275 g/mol. The van der Waals surface area contributed by atoms with Crippen LogP contribution in [0, 0.1) is 0 Å². The van der Waals surface area contributed by atoms with E-state index in [9.17, 15) is 8.42 Å². The molecule has 0 saturated heterocycles. The van der Waals surface area contributed by atoms with Crippen LogP contribution in [0.2, 0.25) is 0 Å². The lowest BCUT2D eigenvalue weighted by Gasteiger charge is -2.08. The molecule has 0 heterocycles. The van der Waals surface area contributed by atoms with Gasteiger partial charge in [0.1, 0.15) is 0 Å². The van der Waals surface area contributed by atoms with E-state index in [2.05, 4.69) is 5.32 Å². The van der Waals surface area contributed by atoms with Gasteiger partial charge in [0.05, 0.1) is 4.90 Å². The normalized spacial score (nSPS) is 11.4. The van der Waals surface area contributed by atoms with Gasteiger partial charge < -0.3 is 11.1 Å². The lowest BCUT2D eigenvalue weighted by molar-refractivity contribution is 0.598. The largest absolute Gasteiger partial charge is 0.399 e. The van der Waals surface area contributed by atoms with Gasteiger partial charge in [0.25, 0.3) is 0 Å². The third-order valence-electron chi connectivity index (χ3n) is 2.11. The number of rotatable bonds is 6. The molecule has 0 atom stereocenters. The third kappa shape index (κ3) is 4.84. The summed E-state index contributed by atoms with van der Waals surface area (Å²) in [6.45, 7) is 0.772. The van der Waals surface area contributed by atoms with E-state index >= 15 is 0 Å². The van der Waals surface area contributed by atoms with Gasteiger partial charge >= 0.3 is 0 Å². The highest BCUT2D eigenvalue weighted by Crippen LogP contribution is 2.19. The number of thioether (sulfide) groups is 1. The average molecular weight is 275 g/mol. The van der Waals surface area contributed by atoms with Gasteiger partial charge in [-0.1, -0.05) is 0 Å². The topological polar surface area (TPSA) is 98.2 Å². The molecule has 5 N–H and O–H groups in total. The molecule has 0 bridgehead atoms. The summed E-state index contributed by atoms with van der Waals surface area (Å²) in [4.78, 5) is 0.0323. The maximum Gasteiger partial charge on any atom is 0.238 e. The Bertz CT molecular complexity index is 474. The number of nitrogens with one attached hydrogen (secondary N) is 1. The Balaban J connectivity index is 2.77. The van der Waals surface area contributed by atoms with E-state index in [-0.39, 0.29) is 4.90 Å². The van der Waals surface area contributed by atoms with Crippen molar-refractivity contribution in [2.75, 3.05) is 29.6 Å². The molecular weight excluding hydrogens is 258 g/mol. The molecule has 0 spiro atoms. The zero-order valence-corrected chi connectivity index (χ0v) is 11.3. The minimum absolute atomic E-state index is 0.0323. The molecule has 0 fully saturated rings. The number of benzene rings is 1. The highest BCUT2D eigenvalue weighted by Gasteiger charge is 2.09. The van der Waals surface area contributed by atoms with Crippen molar-refractivity contribution in [3.63, 3.8) is 0 Å². The Kier molecular flexibility index (Phi) is 5.10. The molecule has 1 rings (SSSR count). The first-order valence-corrected chi connectivity index (χ1v) is 8.03. The van der Waals surface area contributed by atoms with E-state index < -0.39 is 10.0 Å². The molecule has 5 nitrogen and oxygen atoms in total. The molecule has 0 radical (unpaired) electrons. The molecule has 17 heavy (non-hydrogen) atoms. The SMILES string of the molecule is CSCCCNc1cc(N)cc(S(N)(=O)=O)c1. The van der Waals surface area contributed by atoms with E-state index in [0.29, 0.717) is 11.4 Å². The third-order valence-corrected chi connectivity index (χ3v) is 3.70. The zero-order chi connectivity index (χ0) is 12.9. The molecule has 0 unspecified atom stereocenters. The van der Waals surface area contributed by atoms with Crippen molar-refractivity contribution in [3.8, 4) is 0 Å². The van der Waals surface area contributed by atoms with Gasteiger partial charge in [0, 0.05) is 17.9 Å². The maximum absolute atomic E-state index is 11.2. The van der Waals surface area contributed by atoms with Crippen LogP contribution < -0.4 is 16.2 Å². The van der Waals surface area contributed by atoms with E-state index in [0.717, 1.165) is 18.7 Å². The summed E-state index contributed by atoms with van der Waals surface area (Å²) in [7, 11) is -3.71. The number of nitrogen functional groups attached to an aromatic ring is 1. The lowest BCUT2D eigenvalue weighted by atomic mass is 10.3. The van der Waals surface area contributed by atoms with Gasteiger partial charge in [0.15, 0.2) is 0 Å². The molecular formula is C10H17N3O2S2. The lowest BCUT2D eigenvalue weighted by Crippen LogP contribution is -2.13. The van der Waals surface area contributed by atoms with Crippen molar-refractivity contribution in [3.05, 3.63) is 18.2 Å². The van der Waals surface area contributed by atoms with Crippen LogP contribution in [0.3, 0.4) is 0 Å². The Hall–Kier alpha value is -0.920. The zero-order valence-electron chi connectivity index (χ0n) is 9.64. The molecule has 0 amide bonds. The summed E-state index contributed by atoms with van der Waals surface area (Å²) in [5.74, 6) is 1.05. The first-order chi connectivity index (χ1) is 7.93. The molecule has 0 saturated carbocycles. The first-order valence-electron chi connectivity index (χ1n) is 5.09. The fraction of sp³-hybridized carbons (Fsp3) is 0.400. The Labute approximate surface area is 106 Å².